The minimum absolute atomic E-state index is 0.0457. The van der Waals surface area contributed by atoms with Gasteiger partial charge in [0.15, 0.2) is 5.78 Å². The summed E-state index contributed by atoms with van der Waals surface area (Å²) >= 11 is 0. The number of nitro benzene ring substituents is 1. The maximum Gasteiger partial charge on any atom is 0.270 e. The van der Waals surface area contributed by atoms with Crippen molar-refractivity contribution < 1.29 is 14.1 Å². The number of rotatable bonds is 5. The molecule has 1 saturated heterocycles. The average molecular weight is 340 g/mol. The summed E-state index contributed by atoms with van der Waals surface area (Å²) in [6.45, 7) is 1.66. The molecule has 2 aromatic carbocycles. The van der Waals surface area contributed by atoms with Crippen LogP contribution in [0.4, 0.5) is 15.8 Å². The molecule has 0 aromatic heterocycles. The number of nitrogens with zero attached hydrogens (tertiary/aromatic N) is 2. The Kier molecular flexibility index (Phi) is 4.88. The SMILES string of the molecule is O=C(/C=C/c1cccc([N+](=O)[O-])c1)c1ccc(N2CCCC2)c(F)c1. The zero-order chi connectivity index (χ0) is 17.8. The van der Waals surface area contributed by atoms with Gasteiger partial charge in [-0.3, -0.25) is 14.9 Å². The Morgan fingerprint density at radius 2 is 1.92 bits per heavy atom. The molecule has 5 nitrogen and oxygen atoms in total. The molecule has 6 heteroatoms. The molecule has 25 heavy (non-hydrogen) atoms. The van der Waals surface area contributed by atoms with Gasteiger partial charge in [0.25, 0.3) is 5.69 Å². The van der Waals surface area contributed by atoms with E-state index in [0.29, 0.717) is 11.3 Å². The molecule has 0 spiro atoms. The molecule has 0 aliphatic carbocycles. The lowest BCUT2D eigenvalue weighted by atomic mass is 10.1. The molecule has 1 fully saturated rings. The van der Waals surface area contributed by atoms with Crippen LogP contribution < -0.4 is 4.90 Å². The molecule has 128 valence electrons. The first-order chi connectivity index (χ1) is 12.0. The van der Waals surface area contributed by atoms with Crippen LogP contribution in [0.25, 0.3) is 6.08 Å². The van der Waals surface area contributed by atoms with Crippen LogP contribution in [-0.2, 0) is 0 Å². The maximum absolute atomic E-state index is 14.3. The van der Waals surface area contributed by atoms with Gasteiger partial charge in [0.05, 0.1) is 10.6 Å². The summed E-state index contributed by atoms with van der Waals surface area (Å²) in [5.41, 5.74) is 1.27. The first-order valence-corrected chi connectivity index (χ1v) is 8.06. The number of hydrogen-bond acceptors (Lipinski definition) is 4. The molecule has 0 N–H and O–H groups in total. The lowest BCUT2D eigenvalue weighted by Gasteiger charge is -2.18. The van der Waals surface area contributed by atoms with Gasteiger partial charge in [0.1, 0.15) is 5.82 Å². The predicted molar refractivity (Wildman–Crippen MR) is 94.3 cm³/mol. The number of hydrogen-bond donors (Lipinski definition) is 0. The Labute approximate surface area is 144 Å². The number of ketones is 1. The van der Waals surface area contributed by atoms with Gasteiger partial charge in [-0.05, 0) is 42.7 Å². The van der Waals surface area contributed by atoms with E-state index in [1.807, 2.05) is 4.90 Å². The molecule has 1 aliphatic heterocycles. The number of nitro groups is 1. The molecular weight excluding hydrogens is 323 g/mol. The smallest absolute Gasteiger partial charge is 0.270 e. The van der Waals surface area contributed by atoms with Gasteiger partial charge in [-0.15, -0.1) is 0 Å². The molecular formula is C19H17FN2O3. The molecule has 0 bridgehead atoms. The normalized spacial score (nSPS) is 14.2. The summed E-state index contributed by atoms with van der Waals surface area (Å²) in [5, 5.41) is 10.8. The van der Waals surface area contributed by atoms with Gasteiger partial charge < -0.3 is 4.90 Å². The first-order valence-electron chi connectivity index (χ1n) is 8.06. The van der Waals surface area contributed by atoms with Crippen LogP contribution in [0.5, 0.6) is 0 Å². The van der Waals surface area contributed by atoms with E-state index in [2.05, 4.69) is 0 Å². The number of carbonyl (C=O) groups excluding carboxylic acids is 1. The topological polar surface area (TPSA) is 63.4 Å². The fourth-order valence-electron chi connectivity index (χ4n) is 2.88. The molecule has 1 heterocycles. The fraction of sp³-hybridized carbons (Fsp3) is 0.211. The van der Waals surface area contributed by atoms with Crippen LogP contribution in [0.2, 0.25) is 0 Å². The molecule has 0 atom stereocenters. The highest BCUT2D eigenvalue weighted by Crippen LogP contribution is 2.24. The van der Waals surface area contributed by atoms with Gasteiger partial charge in [0.2, 0.25) is 0 Å². The summed E-state index contributed by atoms with van der Waals surface area (Å²) in [6.07, 6.45) is 4.88. The van der Waals surface area contributed by atoms with Crippen molar-refractivity contribution in [3.63, 3.8) is 0 Å². The Bertz CT molecular complexity index is 842. The minimum atomic E-state index is -0.494. The van der Waals surface area contributed by atoms with E-state index < -0.39 is 10.7 Å². The third-order valence-electron chi connectivity index (χ3n) is 4.19. The second kappa shape index (κ2) is 7.25. The zero-order valence-electron chi connectivity index (χ0n) is 13.5. The summed E-state index contributed by atoms with van der Waals surface area (Å²) in [7, 11) is 0. The number of halogens is 1. The quantitative estimate of drug-likeness (QED) is 0.354. The Balaban J connectivity index is 1.75. The number of non-ortho nitro benzene ring substituents is 1. The second-order valence-corrected chi connectivity index (χ2v) is 5.91. The minimum Gasteiger partial charge on any atom is -0.369 e. The van der Waals surface area contributed by atoms with Crippen LogP contribution in [0.15, 0.2) is 48.5 Å². The predicted octanol–water partition coefficient (Wildman–Crippen LogP) is 4.23. The molecule has 0 radical (unpaired) electrons. The van der Waals surface area contributed by atoms with Crippen LogP contribution in [0.1, 0.15) is 28.8 Å². The van der Waals surface area contributed by atoms with Crippen LogP contribution >= 0.6 is 0 Å². The molecule has 1 aliphatic rings. The third kappa shape index (κ3) is 3.91. The zero-order valence-corrected chi connectivity index (χ0v) is 13.5. The van der Waals surface area contributed by atoms with Crippen molar-refractivity contribution in [1.82, 2.24) is 0 Å². The Morgan fingerprint density at radius 1 is 1.16 bits per heavy atom. The molecule has 0 amide bonds. The van der Waals surface area contributed by atoms with E-state index in [9.17, 15) is 19.3 Å². The Morgan fingerprint density at radius 3 is 2.60 bits per heavy atom. The van der Waals surface area contributed by atoms with Crippen molar-refractivity contribution in [1.29, 1.82) is 0 Å². The van der Waals surface area contributed by atoms with Crippen molar-refractivity contribution in [2.75, 3.05) is 18.0 Å². The van der Waals surface area contributed by atoms with Crippen LogP contribution in [-0.4, -0.2) is 23.8 Å². The van der Waals surface area contributed by atoms with Gasteiger partial charge in [-0.25, -0.2) is 4.39 Å². The summed E-state index contributed by atoms with van der Waals surface area (Å²) in [4.78, 5) is 24.5. The maximum atomic E-state index is 14.3. The van der Waals surface area contributed by atoms with E-state index in [1.165, 1.54) is 30.4 Å². The standard InChI is InChI=1S/C19H17FN2O3/c20-17-13-15(7-8-18(17)21-10-1-2-11-21)19(23)9-6-14-4-3-5-16(12-14)22(24)25/h3-9,12-13H,1-2,10-11H2/b9-6+. The average Bonchev–Trinajstić information content (AvgIpc) is 3.14. The van der Waals surface area contributed by atoms with E-state index in [4.69, 9.17) is 0 Å². The largest absolute Gasteiger partial charge is 0.369 e. The van der Waals surface area contributed by atoms with Crippen molar-refractivity contribution in [3.05, 3.63) is 75.6 Å². The van der Waals surface area contributed by atoms with Gasteiger partial charge in [-0.1, -0.05) is 18.2 Å². The van der Waals surface area contributed by atoms with E-state index >= 15 is 0 Å². The lowest BCUT2D eigenvalue weighted by molar-refractivity contribution is -0.384. The van der Waals surface area contributed by atoms with Crippen molar-refractivity contribution in [2.45, 2.75) is 12.8 Å². The van der Waals surface area contributed by atoms with Gasteiger partial charge in [0, 0.05) is 30.8 Å². The van der Waals surface area contributed by atoms with Gasteiger partial charge in [-0.2, -0.15) is 0 Å². The van der Waals surface area contributed by atoms with Gasteiger partial charge >= 0.3 is 0 Å². The first kappa shape index (κ1) is 16.8. The van der Waals surface area contributed by atoms with Crippen LogP contribution in [0.3, 0.4) is 0 Å². The molecule has 0 saturated carbocycles. The lowest BCUT2D eigenvalue weighted by Crippen LogP contribution is -2.19. The number of benzene rings is 2. The third-order valence-corrected chi connectivity index (χ3v) is 4.19. The second-order valence-electron chi connectivity index (χ2n) is 5.91. The summed E-state index contributed by atoms with van der Waals surface area (Å²) in [5.74, 6) is -0.755. The number of allylic oxidation sites excluding steroid dienone is 1. The van der Waals surface area contributed by atoms with Crippen molar-refractivity contribution >= 4 is 23.2 Å². The number of carbonyl (C=O) groups is 1. The molecule has 0 unspecified atom stereocenters. The molecule has 3 rings (SSSR count). The van der Waals surface area contributed by atoms with E-state index in [1.54, 1.807) is 24.3 Å². The number of anilines is 1. The highest BCUT2D eigenvalue weighted by molar-refractivity contribution is 6.07. The van der Waals surface area contributed by atoms with Crippen molar-refractivity contribution in [2.24, 2.45) is 0 Å². The monoisotopic (exact) mass is 340 g/mol. The van der Waals surface area contributed by atoms with Crippen molar-refractivity contribution in [3.8, 4) is 0 Å². The summed E-state index contributed by atoms with van der Waals surface area (Å²) < 4.78 is 14.3. The highest BCUT2D eigenvalue weighted by Gasteiger charge is 2.17. The van der Waals surface area contributed by atoms with Crippen LogP contribution in [0, 0.1) is 15.9 Å². The summed E-state index contributed by atoms with van der Waals surface area (Å²) in [6, 6.07) is 10.5. The highest BCUT2D eigenvalue weighted by atomic mass is 19.1. The Hall–Kier alpha value is -3.02. The fourth-order valence-corrected chi connectivity index (χ4v) is 2.88. The van der Waals surface area contributed by atoms with E-state index in [-0.39, 0.29) is 17.0 Å². The molecule has 2 aromatic rings. The van der Waals surface area contributed by atoms with E-state index in [0.717, 1.165) is 25.9 Å².